The van der Waals surface area contributed by atoms with Crippen molar-refractivity contribution in [1.29, 1.82) is 0 Å². The van der Waals surface area contributed by atoms with Gasteiger partial charge in [-0.1, -0.05) is 0 Å². The number of aromatic nitrogens is 4. The van der Waals surface area contributed by atoms with Gasteiger partial charge in [0.1, 0.15) is 0 Å². The van der Waals surface area contributed by atoms with E-state index in [1.54, 1.807) is 0 Å². The Labute approximate surface area is 136 Å². The van der Waals surface area contributed by atoms with Crippen LogP contribution in [0.25, 0.3) is 0 Å². The number of carbonyl (C=O) groups excluding carboxylic acids is 1. The Morgan fingerprint density at radius 3 is 2.91 bits per heavy atom. The van der Waals surface area contributed by atoms with Crippen molar-refractivity contribution in [1.82, 2.24) is 24.9 Å². The third-order valence-electron chi connectivity index (χ3n) is 4.73. The van der Waals surface area contributed by atoms with Crippen LogP contribution >= 0.6 is 0 Å². The number of rotatable bonds is 4. The highest BCUT2D eigenvalue weighted by atomic mass is 16.2. The van der Waals surface area contributed by atoms with Gasteiger partial charge in [-0.05, 0) is 51.5 Å². The fourth-order valence-electron chi connectivity index (χ4n) is 3.34. The van der Waals surface area contributed by atoms with Crippen molar-refractivity contribution in [3.8, 4) is 0 Å². The molecule has 2 aromatic heterocycles. The molecular weight excluding hydrogens is 290 g/mol. The number of nitrogens with zero attached hydrogens (tertiary/aromatic N) is 4. The van der Waals surface area contributed by atoms with Crippen LogP contribution in [0.5, 0.6) is 0 Å². The highest BCUT2D eigenvalue weighted by Crippen LogP contribution is 2.23. The normalized spacial score (nSPS) is 18.4. The van der Waals surface area contributed by atoms with E-state index in [2.05, 4.69) is 22.2 Å². The summed E-state index contributed by atoms with van der Waals surface area (Å²) in [6.45, 7) is 8.46. The molecule has 0 aromatic carbocycles. The Morgan fingerprint density at radius 2 is 2.26 bits per heavy atom. The van der Waals surface area contributed by atoms with Gasteiger partial charge in [0.2, 0.25) is 0 Å². The lowest BCUT2D eigenvalue weighted by Gasteiger charge is -2.32. The first-order valence-electron chi connectivity index (χ1n) is 8.40. The van der Waals surface area contributed by atoms with Crippen LogP contribution in [0.2, 0.25) is 0 Å². The van der Waals surface area contributed by atoms with E-state index in [1.807, 2.05) is 35.8 Å². The Kier molecular flexibility index (Phi) is 4.50. The highest BCUT2D eigenvalue weighted by molar-refractivity contribution is 5.95. The smallest absolute Gasteiger partial charge is 0.257 e. The van der Waals surface area contributed by atoms with Gasteiger partial charge in [-0.15, -0.1) is 0 Å². The summed E-state index contributed by atoms with van der Waals surface area (Å²) in [5, 5.41) is 11.6. The van der Waals surface area contributed by atoms with Crippen LogP contribution < -0.4 is 0 Å². The summed E-state index contributed by atoms with van der Waals surface area (Å²) in [5.74, 6) is 0.613. The number of aromatic amines is 1. The van der Waals surface area contributed by atoms with Gasteiger partial charge in [0.15, 0.2) is 0 Å². The molecule has 0 radical (unpaired) electrons. The minimum absolute atomic E-state index is 0.119. The van der Waals surface area contributed by atoms with E-state index in [0.29, 0.717) is 5.92 Å². The third kappa shape index (κ3) is 3.30. The topological polar surface area (TPSA) is 66.8 Å². The largest absolute Gasteiger partial charge is 0.338 e. The van der Waals surface area contributed by atoms with Crippen molar-refractivity contribution in [2.45, 2.75) is 46.6 Å². The minimum Gasteiger partial charge on any atom is -0.338 e. The molecule has 1 unspecified atom stereocenters. The number of likely N-dealkylation sites (tertiary alicyclic amines) is 1. The standard InChI is InChI=1S/C17H25N5O/c1-4-22-11-15(13(3)20-22)17(23)21-7-5-6-14(10-21)8-16-12(2)9-18-19-16/h9,11,14H,4-8,10H2,1-3H3,(H,18,19). The molecule has 0 saturated carbocycles. The maximum absolute atomic E-state index is 12.8. The van der Waals surface area contributed by atoms with E-state index < -0.39 is 0 Å². The maximum atomic E-state index is 12.8. The van der Waals surface area contributed by atoms with E-state index in [0.717, 1.165) is 50.2 Å². The predicted octanol–water partition coefficient (Wildman–Crippen LogP) is 2.34. The molecule has 23 heavy (non-hydrogen) atoms. The zero-order valence-electron chi connectivity index (χ0n) is 14.2. The van der Waals surface area contributed by atoms with Gasteiger partial charge < -0.3 is 4.90 Å². The number of H-pyrrole nitrogens is 1. The van der Waals surface area contributed by atoms with Crippen molar-refractivity contribution >= 4 is 5.91 Å². The summed E-state index contributed by atoms with van der Waals surface area (Å²) < 4.78 is 1.83. The Balaban J connectivity index is 1.69. The molecule has 0 spiro atoms. The highest BCUT2D eigenvalue weighted by Gasteiger charge is 2.27. The van der Waals surface area contributed by atoms with Crippen molar-refractivity contribution in [2.24, 2.45) is 5.92 Å². The van der Waals surface area contributed by atoms with Crippen LogP contribution in [0.15, 0.2) is 12.4 Å². The van der Waals surface area contributed by atoms with Crippen LogP contribution in [0, 0.1) is 19.8 Å². The lowest BCUT2D eigenvalue weighted by Crippen LogP contribution is -2.40. The van der Waals surface area contributed by atoms with Gasteiger partial charge in [-0.2, -0.15) is 10.2 Å². The first kappa shape index (κ1) is 15.8. The molecule has 3 rings (SSSR count). The summed E-state index contributed by atoms with van der Waals surface area (Å²) in [6, 6.07) is 0. The first-order chi connectivity index (χ1) is 11.1. The van der Waals surface area contributed by atoms with Crippen molar-refractivity contribution in [3.05, 3.63) is 34.9 Å². The monoisotopic (exact) mass is 315 g/mol. The van der Waals surface area contributed by atoms with Gasteiger partial charge in [0.05, 0.1) is 17.5 Å². The second-order valence-electron chi connectivity index (χ2n) is 6.48. The van der Waals surface area contributed by atoms with E-state index in [-0.39, 0.29) is 5.91 Å². The molecule has 6 heteroatoms. The lowest BCUT2D eigenvalue weighted by atomic mass is 9.92. The molecular formula is C17H25N5O. The number of hydrogen-bond donors (Lipinski definition) is 1. The summed E-state index contributed by atoms with van der Waals surface area (Å²) in [5.41, 5.74) is 3.96. The van der Waals surface area contributed by atoms with E-state index >= 15 is 0 Å². The molecule has 6 nitrogen and oxygen atoms in total. The molecule has 0 bridgehead atoms. The van der Waals surface area contributed by atoms with E-state index in [9.17, 15) is 4.79 Å². The molecule has 1 atom stereocenters. The van der Waals surface area contributed by atoms with Gasteiger partial charge in [-0.3, -0.25) is 14.6 Å². The zero-order valence-corrected chi connectivity index (χ0v) is 14.2. The van der Waals surface area contributed by atoms with Gasteiger partial charge in [0.25, 0.3) is 5.91 Å². The Hall–Kier alpha value is -2.11. The lowest BCUT2D eigenvalue weighted by molar-refractivity contribution is 0.0672. The third-order valence-corrected chi connectivity index (χ3v) is 4.73. The van der Waals surface area contributed by atoms with Crippen LogP contribution in [0.4, 0.5) is 0 Å². The predicted molar refractivity (Wildman–Crippen MR) is 88.3 cm³/mol. The number of aryl methyl sites for hydroxylation is 3. The summed E-state index contributed by atoms with van der Waals surface area (Å²) in [7, 11) is 0. The van der Waals surface area contributed by atoms with Crippen LogP contribution in [0.3, 0.4) is 0 Å². The van der Waals surface area contributed by atoms with Gasteiger partial charge >= 0.3 is 0 Å². The molecule has 1 saturated heterocycles. The average molecular weight is 315 g/mol. The molecule has 1 aliphatic heterocycles. The number of amides is 1. The SMILES string of the molecule is CCn1cc(C(=O)N2CCCC(Cc3[nH]ncc3C)C2)c(C)n1. The molecule has 0 aliphatic carbocycles. The van der Waals surface area contributed by atoms with Gasteiger partial charge in [-0.25, -0.2) is 0 Å². The van der Waals surface area contributed by atoms with Crippen molar-refractivity contribution < 1.29 is 4.79 Å². The van der Waals surface area contributed by atoms with Crippen LogP contribution in [0.1, 0.15) is 47.1 Å². The summed E-state index contributed by atoms with van der Waals surface area (Å²) >= 11 is 0. The van der Waals surface area contributed by atoms with Gasteiger partial charge in [0, 0.05) is 31.5 Å². The Bertz CT molecular complexity index is 687. The van der Waals surface area contributed by atoms with E-state index in [4.69, 9.17) is 0 Å². The molecule has 1 amide bonds. The molecule has 1 N–H and O–H groups in total. The van der Waals surface area contributed by atoms with Crippen LogP contribution in [-0.2, 0) is 13.0 Å². The van der Waals surface area contributed by atoms with Crippen molar-refractivity contribution in [3.63, 3.8) is 0 Å². The van der Waals surface area contributed by atoms with E-state index in [1.165, 1.54) is 11.3 Å². The number of piperidine rings is 1. The fraction of sp³-hybridized carbons (Fsp3) is 0.588. The maximum Gasteiger partial charge on any atom is 0.257 e. The molecule has 1 fully saturated rings. The summed E-state index contributed by atoms with van der Waals surface area (Å²) in [4.78, 5) is 14.8. The molecule has 3 heterocycles. The zero-order chi connectivity index (χ0) is 16.4. The second kappa shape index (κ2) is 6.56. The quantitative estimate of drug-likeness (QED) is 0.941. The summed E-state index contributed by atoms with van der Waals surface area (Å²) in [6.07, 6.45) is 6.92. The molecule has 2 aromatic rings. The number of hydrogen-bond acceptors (Lipinski definition) is 3. The van der Waals surface area contributed by atoms with Crippen LogP contribution in [-0.4, -0.2) is 43.9 Å². The number of carbonyl (C=O) groups is 1. The molecule has 124 valence electrons. The molecule has 1 aliphatic rings. The van der Waals surface area contributed by atoms with Crippen molar-refractivity contribution in [2.75, 3.05) is 13.1 Å². The fourth-order valence-corrected chi connectivity index (χ4v) is 3.34. The minimum atomic E-state index is 0.119. The second-order valence-corrected chi connectivity index (χ2v) is 6.48. The number of nitrogens with one attached hydrogen (secondary N) is 1. The average Bonchev–Trinajstić information content (AvgIpc) is 3.13. The first-order valence-corrected chi connectivity index (χ1v) is 8.40. The Morgan fingerprint density at radius 1 is 1.43 bits per heavy atom.